The van der Waals surface area contributed by atoms with Crippen LogP contribution < -0.4 is 10.6 Å². The highest BCUT2D eigenvalue weighted by Crippen LogP contribution is 2.29. The van der Waals surface area contributed by atoms with Crippen molar-refractivity contribution >= 4 is 33.2 Å². The first kappa shape index (κ1) is 14.1. The molecule has 1 aliphatic heterocycles. The zero-order valence-electron chi connectivity index (χ0n) is 11.8. The molecule has 1 heterocycles. The molecule has 0 spiro atoms. The van der Waals surface area contributed by atoms with Crippen molar-refractivity contribution in [3.63, 3.8) is 0 Å². The Hall–Kier alpha value is -1.81. The lowest BCUT2D eigenvalue weighted by atomic mass is 10.0. The van der Waals surface area contributed by atoms with Crippen molar-refractivity contribution in [1.82, 2.24) is 0 Å². The highest BCUT2D eigenvalue weighted by molar-refractivity contribution is 9.10. The quantitative estimate of drug-likeness (QED) is 0.856. The molecule has 0 fully saturated rings. The average Bonchev–Trinajstić information content (AvgIpc) is 2.85. The predicted octanol–water partition coefficient (Wildman–Crippen LogP) is 4.51. The van der Waals surface area contributed by atoms with E-state index in [-0.39, 0.29) is 11.9 Å². The number of benzene rings is 2. The number of rotatable bonds is 4. The number of anilines is 2. The molecular formula is C17H17BrN2O. The van der Waals surface area contributed by atoms with Crippen molar-refractivity contribution in [2.75, 3.05) is 10.6 Å². The fourth-order valence-electron chi connectivity index (χ4n) is 2.64. The Kier molecular flexibility index (Phi) is 3.97. The molecule has 0 saturated carbocycles. The molecule has 0 unspecified atom stereocenters. The molecule has 1 amide bonds. The standard InChI is InChI=1S/C17H17BrN2O/c1-2-15(11-3-5-13(18)6-4-11)19-14-7-8-16-12(9-14)10-17(21)20-16/h3-9,15,19H,2,10H2,1H3,(H,20,21)/t15-/m0/s1. The Labute approximate surface area is 132 Å². The van der Waals surface area contributed by atoms with Gasteiger partial charge in [0.1, 0.15) is 0 Å². The van der Waals surface area contributed by atoms with Gasteiger partial charge in [0.2, 0.25) is 5.91 Å². The van der Waals surface area contributed by atoms with E-state index in [0.717, 1.165) is 27.8 Å². The van der Waals surface area contributed by atoms with E-state index in [1.54, 1.807) is 0 Å². The zero-order valence-corrected chi connectivity index (χ0v) is 13.4. The molecule has 108 valence electrons. The van der Waals surface area contributed by atoms with Crippen molar-refractivity contribution in [2.24, 2.45) is 0 Å². The molecule has 1 aliphatic rings. The molecule has 0 aromatic heterocycles. The third kappa shape index (κ3) is 3.10. The minimum absolute atomic E-state index is 0.0714. The minimum Gasteiger partial charge on any atom is -0.378 e. The van der Waals surface area contributed by atoms with Crippen LogP contribution in [0.2, 0.25) is 0 Å². The Morgan fingerprint density at radius 2 is 2.00 bits per heavy atom. The fourth-order valence-corrected chi connectivity index (χ4v) is 2.90. The summed E-state index contributed by atoms with van der Waals surface area (Å²) in [5.41, 5.74) is 4.31. The molecule has 1 atom stereocenters. The van der Waals surface area contributed by atoms with Gasteiger partial charge in [0.05, 0.1) is 12.5 Å². The summed E-state index contributed by atoms with van der Waals surface area (Å²) in [5, 5.41) is 6.41. The Balaban J connectivity index is 1.80. The number of nitrogens with one attached hydrogen (secondary N) is 2. The van der Waals surface area contributed by atoms with Crippen LogP contribution in [0.15, 0.2) is 46.9 Å². The minimum atomic E-state index is 0.0714. The third-order valence-electron chi connectivity index (χ3n) is 3.75. The number of carbonyl (C=O) groups excluding carboxylic acids is 1. The summed E-state index contributed by atoms with van der Waals surface area (Å²) < 4.78 is 1.09. The van der Waals surface area contributed by atoms with Gasteiger partial charge in [-0.15, -0.1) is 0 Å². The van der Waals surface area contributed by atoms with Crippen molar-refractivity contribution in [3.8, 4) is 0 Å². The van der Waals surface area contributed by atoms with Crippen LogP contribution in [0.4, 0.5) is 11.4 Å². The summed E-state index contributed by atoms with van der Waals surface area (Å²) in [5.74, 6) is 0.0714. The van der Waals surface area contributed by atoms with Crippen molar-refractivity contribution in [1.29, 1.82) is 0 Å². The summed E-state index contributed by atoms with van der Waals surface area (Å²) in [6.07, 6.45) is 1.47. The van der Waals surface area contributed by atoms with Crippen LogP contribution in [0.25, 0.3) is 0 Å². The first-order valence-corrected chi connectivity index (χ1v) is 7.90. The average molecular weight is 345 g/mol. The lowest BCUT2D eigenvalue weighted by Crippen LogP contribution is -2.09. The molecule has 3 nitrogen and oxygen atoms in total. The van der Waals surface area contributed by atoms with Gasteiger partial charge in [-0.3, -0.25) is 4.79 Å². The lowest BCUT2D eigenvalue weighted by Gasteiger charge is -2.19. The fraction of sp³-hybridized carbons (Fsp3) is 0.235. The highest BCUT2D eigenvalue weighted by atomic mass is 79.9. The van der Waals surface area contributed by atoms with Crippen molar-refractivity contribution < 1.29 is 4.79 Å². The topological polar surface area (TPSA) is 41.1 Å². The lowest BCUT2D eigenvalue weighted by molar-refractivity contribution is -0.115. The number of halogens is 1. The van der Waals surface area contributed by atoms with Gasteiger partial charge in [0, 0.05) is 15.8 Å². The second-order valence-electron chi connectivity index (χ2n) is 5.25. The number of carbonyl (C=O) groups is 1. The zero-order chi connectivity index (χ0) is 14.8. The van der Waals surface area contributed by atoms with Crippen LogP contribution in [0.3, 0.4) is 0 Å². The number of hydrogen-bond acceptors (Lipinski definition) is 2. The van der Waals surface area contributed by atoms with E-state index in [1.807, 2.05) is 12.1 Å². The van der Waals surface area contributed by atoms with E-state index in [0.29, 0.717) is 6.42 Å². The van der Waals surface area contributed by atoms with E-state index in [4.69, 9.17) is 0 Å². The highest BCUT2D eigenvalue weighted by Gasteiger charge is 2.18. The van der Waals surface area contributed by atoms with Gasteiger partial charge in [0.25, 0.3) is 0 Å². The maximum absolute atomic E-state index is 11.4. The second kappa shape index (κ2) is 5.90. The molecule has 0 aliphatic carbocycles. The van der Waals surface area contributed by atoms with Crippen LogP contribution in [0.5, 0.6) is 0 Å². The van der Waals surface area contributed by atoms with Crippen LogP contribution in [-0.2, 0) is 11.2 Å². The summed E-state index contributed by atoms with van der Waals surface area (Å²) >= 11 is 3.46. The maximum Gasteiger partial charge on any atom is 0.228 e. The maximum atomic E-state index is 11.4. The number of fused-ring (bicyclic) bond motifs is 1. The van der Waals surface area contributed by atoms with E-state index >= 15 is 0 Å². The number of hydrogen-bond donors (Lipinski definition) is 2. The van der Waals surface area contributed by atoms with Crippen LogP contribution in [0, 0.1) is 0 Å². The molecular weight excluding hydrogens is 328 g/mol. The molecule has 2 N–H and O–H groups in total. The summed E-state index contributed by atoms with van der Waals surface area (Å²) in [4.78, 5) is 11.4. The molecule has 21 heavy (non-hydrogen) atoms. The molecule has 0 bridgehead atoms. The van der Waals surface area contributed by atoms with Gasteiger partial charge < -0.3 is 10.6 Å². The molecule has 0 radical (unpaired) electrons. The molecule has 0 saturated heterocycles. The Bertz CT molecular complexity index is 667. The molecule has 2 aromatic carbocycles. The van der Waals surface area contributed by atoms with Gasteiger partial charge in [-0.25, -0.2) is 0 Å². The van der Waals surface area contributed by atoms with E-state index in [1.165, 1.54) is 5.56 Å². The van der Waals surface area contributed by atoms with Crippen molar-refractivity contribution in [3.05, 3.63) is 58.1 Å². The van der Waals surface area contributed by atoms with Crippen LogP contribution in [-0.4, -0.2) is 5.91 Å². The Morgan fingerprint density at radius 3 is 2.71 bits per heavy atom. The van der Waals surface area contributed by atoms with Crippen LogP contribution in [0.1, 0.15) is 30.5 Å². The molecule has 2 aromatic rings. The molecule has 3 rings (SSSR count). The van der Waals surface area contributed by atoms with Crippen molar-refractivity contribution in [2.45, 2.75) is 25.8 Å². The monoisotopic (exact) mass is 344 g/mol. The second-order valence-corrected chi connectivity index (χ2v) is 6.17. The summed E-state index contributed by atoms with van der Waals surface area (Å²) in [6, 6.07) is 14.7. The molecule has 4 heteroatoms. The normalized spacial score (nSPS) is 14.5. The summed E-state index contributed by atoms with van der Waals surface area (Å²) in [7, 11) is 0. The van der Waals surface area contributed by atoms with Gasteiger partial charge in [-0.05, 0) is 47.9 Å². The third-order valence-corrected chi connectivity index (χ3v) is 4.28. The van der Waals surface area contributed by atoms with Gasteiger partial charge in [-0.2, -0.15) is 0 Å². The van der Waals surface area contributed by atoms with E-state index < -0.39 is 0 Å². The first-order valence-electron chi connectivity index (χ1n) is 7.10. The number of amides is 1. The van der Waals surface area contributed by atoms with E-state index in [9.17, 15) is 4.79 Å². The smallest absolute Gasteiger partial charge is 0.228 e. The Morgan fingerprint density at radius 1 is 1.24 bits per heavy atom. The SMILES string of the molecule is CC[C@H](Nc1ccc2c(c1)CC(=O)N2)c1ccc(Br)cc1. The van der Waals surface area contributed by atoms with Gasteiger partial charge in [-0.1, -0.05) is 35.0 Å². The first-order chi connectivity index (χ1) is 10.2. The largest absolute Gasteiger partial charge is 0.378 e. The predicted molar refractivity (Wildman–Crippen MR) is 89.6 cm³/mol. The summed E-state index contributed by atoms with van der Waals surface area (Å²) in [6.45, 7) is 2.16. The van der Waals surface area contributed by atoms with Crippen LogP contribution >= 0.6 is 15.9 Å². The van der Waals surface area contributed by atoms with Gasteiger partial charge in [0.15, 0.2) is 0 Å². The van der Waals surface area contributed by atoms with E-state index in [2.05, 4.69) is 63.8 Å². The van der Waals surface area contributed by atoms with Gasteiger partial charge >= 0.3 is 0 Å².